The molecule has 0 N–H and O–H groups in total. The monoisotopic (exact) mass is 729 g/mol. The highest BCUT2D eigenvalue weighted by molar-refractivity contribution is 6.12. The molecule has 0 radical (unpaired) electrons. The number of hydrogen-bond acceptors (Lipinski definition) is 2. The fourth-order valence-corrected chi connectivity index (χ4v) is 9.40. The third-order valence-electron chi connectivity index (χ3n) is 12.1. The average molecular weight is 730 g/mol. The van der Waals surface area contributed by atoms with Crippen molar-refractivity contribution in [2.45, 2.75) is 19.3 Å². The molecule has 2 heteroatoms. The van der Waals surface area contributed by atoms with Gasteiger partial charge >= 0.3 is 0 Å². The largest absolute Gasteiger partial charge is 0.456 e. The summed E-state index contributed by atoms with van der Waals surface area (Å²) < 4.78 is 6.34. The predicted molar refractivity (Wildman–Crippen MR) is 240 cm³/mol. The molecular weight excluding hydrogens is 691 g/mol. The van der Waals surface area contributed by atoms with Crippen molar-refractivity contribution in [3.63, 3.8) is 0 Å². The van der Waals surface area contributed by atoms with Crippen LogP contribution in [0.3, 0.4) is 0 Å². The Kier molecular flexibility index (Phi) is 7.55. The maximum atomic E-state index is 6.34. The third-order valence-corrected chi connectivity index (χ3v) is 12.1. The van der Waals surface area contributed by atoms with Crippen molar-refractivity contribution in [3.8, 4) is 44.5 Å². The van der Waals surface area contributed by atoms with E-state index in [1.54, 1.807) is 0 Å². The highest BCUT2D eigenvalue weighted by atomic mass is 16.3. The topological polar surface area (TPSA) is 16.4 Å². The fraction of sp³-hybridized carbons (Fsp3) is 0.0545. The van der Waals surface area contributed by atoms with Crippen LogP contribution in [-0.4, -0.2) is 0 Å². The molecule has 0 aliphatic heterocycles. The summed E-state index contributed by atoms with van der Waals surface area (Å²) in [5, 5.41) is 4.76. The predicted octanol–water partition coefficient (Wildman–Crippen LogP) is 15.5. The molecule has 0 spiro atoms. The lowest BCUT2D eigenvalue weighted by Crippen LogP contribution is -2.14. The molecule has 11 rings (SSSR count). The summed E-state index contributed by atoms with van der Waals surface area (Å²) in [6.07, 6.45) is 0. The number of rotatable bonds is 6. The van der Waals surface area contributed by atoms with Gasteiger partial charge < -0.3 is 9.32 Å². The third kappa shape index (κ3) is 5.25. The molecule has 0 saturated heterocycles. The van der Waals surface area contributed by atoms with Gasteiger partial charge in [-0.15, -0.1) is 0 Å². The molecule has 0 unspecified atom stereocenters. The van der Waals surface area contributed by atoms with E-state index in [4.69, 9.17) is 4.42 Å². The van der Waals surface area contributed by atoms with Crippen molar-refractivity contribution < 1.29 is 4.42 Å². The molecule has 0 atom stereocenters. The average Bonchev–Trinajstić information content (AvgIpc) is 3.76. The first kappa shape index (κ1) is 33.2. The van der Waals surface area contributed by atoms with E-state index in [1.165, 1.54) is 55.3 Å². The number of nitrogens with zero attached hydrogens (tertiary/aromatic N) is 1. The van der Waals surface area contributed by atoms with Crippen LogP contribution in [0, 0.1) is 0 Å². The molecule has 1 heterocycles. The van der Waals surface area contributed by atoms with Crippen LogP contribution in [0.4, 0.5) is 17.1 Å². The minimum Gasteiger partial charge on any atom is -0.456 e. The van der Waals surface area contributed by atoms with Crippen LogP contribution in [0.25, 0.3) is 77.2 Å². The molecule has 57 heavy (non-hydrogen) atoms. The van der Waals surface area contributed by atoms with Gasteiger partial charge in [0.15, 0.2) is 0 Å². The summed E-state index contributed by atoms with van der Waals surface area (Å²) in [5.74, 6) is 0. The van der Waals surface area contributed by atoms with E-state index in [0.717, 1.165) is 50.1 Å². The molecule has 10 aromatic rings. The SMILES string of the molecule is CC1(C)c2ccccc2-c2c(-c3ccccc3N(c3ccc(-c4cccc5ccccc45)cc3)c3cccc(-c4cccc5oc6ccccc6c45)c3)cccc21. The standard InChI is InChI=1S/C55H39NO/c1-55(2)48-26-8-5-21-46(48)53-45(25-13-27-49(53)55)44-20-6-9-28-50(44)56(39-33-31-37(32-34-39)42-23-12-16-36-15-3-4-19-41(36)42)40-18-11-17-38(35-40)43-24-14-30-52-54(43)47-22-7-10-29-51(47)57-52/h3-35H,1-2H3. The van der Waals surface area contributed by atoms with E-state index in [9.17, 15) is 0 Å². The summed E-state index contributed by atoms with van der Waals surface area (Å²) in [4.78, 5) is 2.44. The Balaban J connectivity index is 1.12. The van der Waals surface area contributed by atoms with Gasteiger partial charge in [0.05, 0.1) is 5.69 Å². The molecule has 1 aliphatic carbocycles. The second-order valence-corrected chi connectivity index (χ2v) is 15.7. The van der Waals surface area contributed by atoms with Crippen molar-refractivity contribution in [2.75, 3.05) is 4.90 Å². The van der Waals surface area contributed by atoms with Crippen molar-refractivity contribution >= 4 is 49.8 Å². The molecular formula is C55H39NO. The lowest BCUT2D eigenvalue weighted by molar-refractivity contribution is 0.660. The maximum Gasteiger partial charge on any atom is 0.136 e. The van der Waals surface area contributed by atoms with Crippen LogP contribution < -0.4 is 4.90 Å². The highest BCUT2D eigenvalue weighted by Gasteiger charge is 2.37. The van der Waals surface area contributed by atoms with Gasteiger partial charge in [0.1, 0.15) is 11.2 Å². The maximum absolute atomic E-state index is 6.34. The van der Waals surface area contributed by atoms with Gasteiger partial charge in [-0.3, -0.25) is 0 Å². The van der Waals surface area contributed by atoms with Gasteiger partial charge in [0.2, 0.25) is 0 Å². The van der Waals surface area contributed by atoms with E-state index < -0.39 is 0 Å². The molecule has 0 saturated carbocycles. The molecule has 1 aromatic heterocycles. The number of benzene rings is 9. The van der Waals surface area contributed by atoms with Gasteiger partial charge in [-0.2, -0.15) is 0 Å². The van der Waals surface area contributed by atoms with Gasteiger partial charge in [0.25, 0.3) is 0 Å². The van der Waals surface area contributed by atoms with Crippen LogP contribution in [0.1, 0.15) is 25.0 Å². The molecule has 2 nitrogen and oxygen atoms in total. The van der Waals surface area contributed by atoms with Crippen molar-refractivity contribution in [1.82, 2.24) is 0 Å². The van der Waals surface area contributed by atoms with Gasteiger partial charge in [0, 0.05) is 33.1 Å². The van der Waals surface area contributed by atoms with E-state index in [0.29, 0.717) is 0 Å². The van der Waals surface area contributed by atoms with Crippen LogP contribution in [0.2, 0.25) is 0 Å². The summed E-state index contributed by atoms with van der Waals surface area (Å²) in [7, 11) is 0. The van der Waals surface area contributed by atoms with Crippen LogP contribution in [0.5, 0.6) is 0 Å². The van der Waals surface area contributed by atoms with Gasteiger partial charge in [-0.25, -0.2) is 0 Å². The number of para-hydroxylation sites is 2. The number of hydrogen-bond donors (Lipinski definition) is 0. The van der Waals surface area contributed by atoms with Crippen molar-refractivity contribution in [3.05, 3.63) is 211 Å². The van der Waals surface area contributed by atoms with E-state index in [2.05, 4.69) is 213 Å². The fourth-order valence-electron chi connectivity index (χ4n) is 9.40. The summed E-state index contributed by atoms with van der Waals surface area (Å²) in [6.45, 7) is 4.71. The lowest BCUT2D eigenvalue weighted by Gasteiger charge is -2.29. The first-order chi connectivity index (χ1) is 28.0. The smallest absolute Gasteiger partial charge is 0.136 e. The summed E-state index contributed by atoms with van der Waals surface area (Å²) in [5.41, 5.74) is 17.5. The minimum absolute atomic E-state index is 0.0966. The zero-order valence-corrected chi connectivity index (χ0v) is 31.9. The van der Waals surface area contributed by atoms with Crippen LogP contribution in [-0.2, 0) is 5.41 Å². The first-order valence-electron chi connectivity index (χ1n) is 19.8. The second kappa shape index (κ2) is 13.0. The van der Waals surface area contributed by atoms with Crippen molar-refractivity contribution in [2.24, 2.45) is 0 Å². The normalized spacial score (nSPS) is 12.9. The zero-order chi connectivity index (χ0) is 38.1. The quantitative estimate of drug-likeness (QED) is 0.169. The highest BCUT2D eigenvalue weighted by Crippen LogP contribution is 2.54. The van der Waals surface area contributed by atoms with E-state index in [1.807, 2.05) is 6.07 Å². The van der Waals surface area contributed by atoms with Crippen LogP contribution >= 0.6 is 0 Å². The number of anilines is 3. The Labute approximate surface area is 332 Å². The Bertz CT molecular complexity index is 3160. The Hall–Kier alpha value is -7.16. The van der Waals surface area contributed by atoms with Gasteiger partial charge in [-0.1, -0.05) is 172 Å². The molecule has 0 amide bonds. The minimum atomic E-state index is -0.0966. The summed E-state index contributed by atoms with van der Waals surface area (Å²) in [6, 6.07) is 72.7. The van der Waals surface area contributed by atoms with Crippen LogP contribution in [0.15, 0.2) is 205 Å². The molecule has 270 valence electrons. The van der Waals surface area contributed by atoms with E-state index in [-0.39, 0.29) is 5.41 Å². The Morgan fingerprint density at radius 3 is 1.91 bits per heavy atom. The first-order valence-corrected chi connectivity index (χ1v) is 19.8. The molecule has 1 aliphatic rings. The molecule has 9 aromatic carbocycles. The Morgan fingerprint density at radius 1 is 0.404 bits per heavy atom. The number of furan rings is 1. The number of fused-ring (bicyclic) bond motifs is 7. The summed E-state index contributed by atoms with van der Waals surface area (Å²) >= 11 is 0. The lowest BCUT2D eigenvalue weighted by atomic mass is 9.82. The Morgan fingerprint density at radius 2 is 1.02 bits per heavy atom. The second-order valence-electron chi connectivity index (χ2n) is 15.7. The molecule has 0 bridgehead atoms. The van der Waals surface area contributed by atoms with E-state index >= 15 is 0 Å². The zero-order valence-electron chi connectivity index (χ0n) is 31.9. The molecule has 0 fully saturated rings. The van der Waals surface area contributed by atoms with Gasteiger partial charge in [-0.05, 0) is 103 Å². The van der Waals surface area contributed by atoms with Crippen molar-refractivity contribution in [1.29, 1.82) is 0 Å².